The molecule has 1 fully saturated rings. The summed E-state index contributed by atoms with van der Waals surface area (Å²) in [6.45, 7) is 2.05. The van der Waals surface area contributed by atoms with Crippen molar-refractivity contribution in [3.63, 3.8) is 0 Å². The van der Waals surface area contributed by atoms with Gasteiger partial charge in [-0.15, -0.1) is 0 Å². The van der Waals surface area contributed by atoms with Crippen molar-refractivity contribution in [1.29, 1.82) is 0 Å². The molecule has 0 unspecified atom stereocenters. The predicted molar refractivity (Wildman–Crippen MR) is 86.4 cm³/mol. The maximum atomic E-state index is 11.4. The Morgan fingerprint density at radius 1 is 1.48 bits per heavy atom. The molecule has 0 saturated heterocycles. The number of carboxylic acids is 1. The largest absolute Gasteiger partial charge is 0.478 e. The van der Waals surface area contributed by atoms with Crippen molar-refractivity contribution < 1.29 is 9.90 Å². The third kappa shape index (κ3) is 3.44. The van der Waals surface area contributed by atoms with Crippen LogP contribution in [0.1, 0.15) is 48.7 Å². The van der Waals surface area contributed by atoms with E-state index in [1.54, 1.807) is 0 Å². The summed E-state index contributed by atoms with van der Waals surface area (Å²) in [6.07, 6.45) is 7.49. The van der Waals surface area contributed by atoms with Gasteiger partial charge in [-0.25, -0.2) is 14.5 Å². The first-order valence-corrected chi connectivity index (χ1v) is 8.07. The highest BCUT2D eigenvalue weighted by molar-refractivity contribution is 6.32. The number of anilines is 1. The fourth-order valence-electron chi connectivity index (χ4n) is 2.29. The maximum absolute atomic E-state index is 11.4. The first-order chi connectivity index (χ1) is 11.1. The van der Waals surface area contributed by atoms with Crippen molar-refractivity contribution in [2.75, 3.05) is 5.32 Å². The van der Waals surface area contributed by atoms with Gasteiger partial charge in [0.1, 0.15) is 10.6 Å². The van der Waals surface area contributed by atoms with Gasteiger partial charge in [-0.1, -0.05) is 24.9 Å². The molecule has 122 valence electrons. The Hall–Kier alpha value is -2.15. The normalized spacial score (nSPS) is 14.0. The van der Waals surface area contributed by atoms with Crippen LogP contribution in [-0.4, -0.2) is 36.9 Å². The Morgan fingerprint density at radius 2 is 2.26 bits per heavy atom. The molecule has 0 spiro atoms. The summed E-state index contributed by atoms with van der Waals surface area (Å²) in [5.41, 5.74) is 0.799. The molecule has 2 aromatic heterocycles. The molecule has 0 aliphatic heterocycles. The van der Waals surface area contributed by atoms with Crippen molar-refractivity contribution in [2.45, 2.75) is 45.1 Å². The molecule has 8 heteroatoms. The molecule has 0 bridgehead atoms. The van der Waals surface area contributed by atoms with Gasteiger partial charge in [-0.3, -0.25) is 0 Å². The molecule has 0 atom stereocenters. The summed E-state index contributed by atoms with van der Waals surface area (Å²) in [6, 6.07) is 0.405. The quantitative estimate of drug-likeness (QED) is 0.808. The van der Waals surface area contributed by atoms with Crippen LogP contribution in [0, 0.1) is 0 Å². The van der Waals surface area contributed by atoms with E-state index in [1.807, 2.05) is 0 Å². The lowest BCUT2D eigenvalue weighted by molar-refractivity contribution is 0.0695. The standard InChI is InChI=1S/C15H18ClN5O2/c1-2-3-4-12-10(14(22)23)7-18-21(12)15-17-8-11(16)13(20-15)19-9-5-6-9/h7-9H,2-6H2,1H3,(H,22,23)(H,17,19,20). The van der Waals surface area contributed by atoms with E-state index in [0.29, 0.717) is 34.9 Å². The lowest BCUT2D eigenvalue weighted by Crippen LogP contribution is -2.12. The summed E-state index contributed by atoms with van der Waals surface area (Å²) in [7, 11) is 0. The van der Waals surface area contributed by atoms with Gasteiger partial charge in [0.2, 0.25) is 0 Å². The van der Waals surface area contributed by atoms with Crippen molar-refractivity contribution in [1.82, 2.24) is 19.7 Å². The van der Waals surface area contributed by atoms with Crippen LogP contribution in [0.25, 0.3) is 5.95 Å². The first-order valence-electron chi connectivity index (χ1n) is 7.69. The van der Waals surface area contributed by atoms with Crippen molar-refractivity contribution in [3.8, 4) is 5.95 Å². The van der Waals surface area contributed by atoms with Gasteiger partial charge in [0.25, 0.3) is 5.95 Å². The van der Waals surface area contributed by atoms with Crippen LogP contribution >= 0.6 is 11.6 Å². The van der Waals surface area contributed by atoms with Crippen LogP contribution in [0.5, 0.6) is 0 Å². The summed E-state index contributed by atoms with van der Waals surface area (Å²) >= 11 is 6.12. The Kier molecular flexibility index (Phi) is 4.47. The lowest BCUT2D eigenvalue weighted by Gasteiger charge is -2.10. The number of hydrogen-bond acceptors (Lipinski definition) is 5. The van der Waals surface area contributed by atoms with Crippen LogP contribution in [0.4, 0.5) is 5.82 Å². The number of unbranched alkanes of at least 4 members (excludes halogenated alkanes) is 1. The summed E-state index contributed by atoms with van der Waals surface area (Å²) < 4.78 is 1.49. The third-order valence-corrected chi connectivity index (χ3v) is 3.98. The molecule has 23 heavy (non-hydrogen) atoms. The zero-order chi connectivity index (χ0) is 16.4. The summed E-state index contributed by atoms with van der Waals surface area (Å²) in [4.78, 5) is 20.0. The van der Waals surface area contributed by atoms with Gasteiger partial charge in [-0.2, -0.15) is 10.1 Å². The van der Waals surface area contributed by atoms with Crippen LogP contribution in [0.3, 0.4) is 0 Å². The highest BCUT2D eigenvalue weighted by Crippen LogP contribution is 2.28. The number of hydrogen-bond donors (Lipinski definition) is 2. The molecule has 0 amide bonds. The highest BCUT2D eigenvalue weighted by Gasteiger charge is 2.24. The van der Waals surface area contributed by atoms with Gasteiger partial charge in [0.15, 0.2) is 5.82 Å². The molecule has 3 rings (SSSR count). The van der Waals surface area contributed by atoms with E-state index in [0.717, 1.165) is 25.7 Å². The van der Waals surface area contributed by atoms with E-state index in [4.69, 9.17) is 11.6 Å². The monoisotopic (exact) mass is 335 g/mol. The second kappa shape index (κ2) is 6.54. The topological polar surface area (TPSA) is 92.9 Å². The molecule has 7 nitrogen and oxygen atoms in total. The number of aromatic nitrogens is 4. The fourth-order valence-corrected chi connectivity index (χ4v) is 2.44. The molecule has 1 aliphatic rings. The number of rotatable bonds is 7. The number of halogens is 1. The number of carbonyl (C=O) groups is 1. The van der Waals surface area contributed by atoms with E-state index >= 15 is 0 Å². The Bertz CT molecular complexity index is 727. The van der Waals surface area contributed by atoms with E-state index in [2.05, 4.69) is 27.3 Å². The summed E-state index contributed by atoms with van der Waals surface area (Å²) in [5.74, 6) is -0.100. The van der Waals surface area contributed by atoms with Crippen LogP contribution in [-0.2, 0) is 6.42 Å². The van der Waals surface area contributed by atoms with Crippen LogP contribution in [0.2, 0.25) is 5.02 Å². The lowest BCUT2D eigenvalue weighted by atomic mass is 10.1. The SMILES string of the molecule is CCCCc1c(C(=O)O)cnn1-c1ncc(Cl)c(NC2CC2)n1. The third-order valence-electron chi connectivity index (χ3n) is 3.71. The van der Waals surface area contributed by atoms with Crippen molar-refractivity contribution >= 4 is 23.4 Å². The Balaban J connectivity index is 1.98. The smallest absolute Gasteiger partial charge is 0.339 e. The molecular formula is C15H18ClN5O2. The number of nitrogens with zero attached hydrogens (tertiary/aromatic N) is 4. The second-order valence-electron chi connectivity index (χ2n) is 5.61. The average Bonchev–Trinajstić information content (AvgIpc) is 3.23. The zero-order valence-corrected chi connectivity index (χ0v) is 13.5. The number of nitrogens with one attached hydrogen (secondary N) is 1. The minimum Gasteiger partial charge on any atom is -0.478 e. The number of aromatic carboxylic acids is 1. The maximum Gasteiger partial charge on any atom is 0.339 e. The van der Waals surface area contributed by atoms with Gasteiger partial charge in [-0.05, 0) is 25.7 Å². The first kappa shape index (κ1) is 15.7. The zero-order valence-electron chi connectivity index (χ0n) is 12.8. The van der Waals surface area contributed by atoms with E-state index < -0.39 is 5.97 Å². The molecule has 2 aromatic rings. The molecule has 2 heterocycles. The molecule has 1 saturated carbocycles. The van der Waals surface area contributed by atoms with Gasteiger partial charge < -0.3 is 10.4 Å². The molecule has 1 aliphatic carbocycles. The van der Waals surface area contributed by atoms with Gasteiger partial charge in [0.05, 0.1) is 18.1 Å². The Morgan fingerprint density at radius 3 is 2.91 bits per heavy atom. The fraction of sp³-hybridized carbons (Fsp3) is 0.467. The second-order valence-corrected chi connectivity index (χ2v) is 6.02. The molecule has 0 aromatic carbocycles. The van der Waals surface area contributed by atoms with Crippen LogP contribution < -0.4 is 5.32 Å². The molecule has 0 radical (unpaired) electrons. The minimum absolute atomic E-state index is 0.189. The summed E-state index contributed by atoms with van der Waals surface area (Å²) in [5, 5.41) is 17.2. The van der Waals surface area contributed by atoms with E-state index in [9.17, 15) is 9.90 Å². The van der Waals surface area contributed by atoms with E-state index in [-0.39, 0.29) is 5.56 Å². The van der Waals surface area contributed by atoms with E-state index in [1.165, 1.54) is 17.1 Å². The number of carboxylic acid groups (broad SMARTS) is 1. The van der Waals surface area contributed by atoms with Gasteiger partial charge >= 0.3 is 5.97 Å². The van der Waals surface area contributed by atoms with Gasteiger partial charge in [0, 0.05) is 6.04 Å². The predicted octanol–water partition coefficient (Wildman–Crippen LogP) is 2.93. The van der Waals surface area contributed by atoms with Crippen molar-refractivity contribution in [2.24, 2.45) is 0 Å². The molecule has 2 N–H and O–H groups in total. The molecular weight excluding hydrogens is 318 g/mol. The minimum atomic E-state index is -0.993. The van der Waals surface area contributed by atoms with Crippen molar-refractivity contribution in [3.05, 3.63) is 28.7 Å². The average molecular weight is 336 g/mol. The Labute approximate surface area is 138 Å². The van der Waals surface area contributed by atoms with Crippen LogP contribution in [0.15, 0.2) is 12.4 Å². The highest BCUT2D eigenvalue weighted by atomic mass is 35.5.